The monoisotopic (exact) mass is 373 g/mol. The molecule has 1 aromatic carbocycles. The van der Waals surface area contributed by atoms with Crippen molar-refractivity contribution in [3.05, 3.63) is 39.1 Å². The molecule has 0 spiro atoms. The number of benzene rings is 1. The summed E-state index contributed by atoms with van der Waals surface area (Å²) in [4.78, 5) is 0.126. The maximum Gasteiger partial charge on any atom is 0.262 e. The van der Waals surface area contributed by atoms with E-state index in [1.807, 2.05) is 0 Å². The van der Waals surface area contributed by atoms with Gasteiger partial charge in [-0.25, -0.2) is 8.42 Å². The number of nitrogens with zero attached hydrogens (tertiary/aromatic N) is 1. The van der Waals surface area contributed by atoms with Gasteiger partial charge in [0.1, 0.15) is 0 Å². The summed E-state index contributed by atoms with van der Waals surface area (Å²) in [6.07, 6.45) is 0. The number of H-pyrrole nitrogens is 1. The van der Waals surface area contributed by atoms with Gasteiger partial charge < -0.3 is 5.11 Å². The van der Waals surface area contributed by atoms with Crippen LogP contribution in [0.3, 0.4) is 0 Å². The topological polar surface area (TPSA) is 95.1 Å². The Labute approximate surface area is 131 Å². The first kappa shape index (κ1) is 16.0. The number of hydrogen-bond donors (Lipinski definition) is 3. The highest BCUT2D eigenvalue weighted by molar-refractivity contribution is 9.10. The Morgan fingerprint density at radius 2 is 2.00 bits per heavy atom. The first-order chi connectivity index (χ1) is 9.76. The number of anilines is 1. The minimum absolute atomic E-state index is 0.126. The molecule has 0 atom stereocenters. The van der Waals surface area contributed by atoms with Crippen molar-refractivity contribution in [2.45, 2.75) is 32.3 Å². The predicted octanol–water partition coefficient (Wildman–Crippen LogP) is 2.39. The van der Waals surface area contributed by atoms with E-state index in [0.29, 0.717) is 32.7 Å². The van der Waals surface area contributed by atoms with Crippen LogP contribution in [0.2, 0.25) is 0 Å². The summed E-state index contributed by atoms with van der Waals surface area (Å²) in [6.45, 7) is 4.93. The third kappa shape index (κ3) is 3.12. The van der Waals surface area contributed by atoms with Crippen molar-refractivity contribution in [1.82, 2.24) is 10.2 Å². The SMILES string of the molecule is Cc1n[nH]c(C)c1NS(=O)(=O)c1cc(CO)cc(Br)c1C. The first-order valence-electron chi connectivity index (χ1n) is 6.20. The number of nitrogens with one attached hydrogen (secondary N) is 2. The van der Waals surface area contributed by atoms with Crippen molar-refractivity contribution in [3.8, 4) is 0 Å². The van der Waals surface area contributed by atoms with Crippen LogP contribution < -0.4 is 4.72 Å². The Kier molecular flexibility index (Phi) is 4.40. The van der Waals surface area contributed by atoms with Crippen LogP contribution in [0.1, 0.15) is 22.5 Å². The fraction of sp³-hybridized carbons (Fsp3) is 0.308. The van der Waals surface area contributed by atoms with Crippen LogP contribution in [0.15, 0.2) is 21.5 Å². The molecule has 0 radical (unpaired) electrons. The molecule has 0 saturated carbocycles. The van der Waals surface area contributed by atoms with Crippen molar-refractivity contribution in [1.29, 1.82) is 0 Å². The molecular weight excluding hydrogens is 358 g/mol. The van der Waals surface area contributed by atoms with Gasteiger partial charge in [0, 0.05) is 4.47 Å². The second-order valence-corrected chi connectivity index (χ2v) is 7.28. The van der Waals surface area contributed by atoms with E-state index in [2.05, 4.69) is 30.8 Å². The van der Waals surface area contributed by atoms with E-state index < -0.39 is 10.0 Å². The highest BCUT2D eigenvalue weighted by atomic mass is 79.9. The van der Waals surface area contributed by atoms with Gasteiger partial charge >= 0.3 is 0 Å². The van der Waals surface area contributed by atoms with Crippen LogP contribution in [0.4, 0.5) is 5.69 Å². The van der Waals surface area contributed by atoms with Gasteiger partial charge in [-0.1, -0.05) is 15.9 Å². The number of hydrogen-bond acceptors (Lipinski definition) is 4. The van der Waals surface area contributed by atoms with Crippen LogP contribution in [-0.2, 0) is 16.6 Å². The summed E-state index contributed by atoms with van der Waals surface area (Å²) in [7, 11) is -3.77. The fourth-order valence-electron chi connectivity index (χ4n) is 1.97. The lowest BCUT2D eigenvalue weighted by Crippen LogP contribution is -2.16. The van der Waals surface area contributed by atoms with E-state index in [4.69, 9.17) is 0 Å². The molecule has 2 aromatic rings. The lowest BCUT2D eigenvalue weighted by molar-refractivity contribution is 0.281. The van der Waals surface area contributed by atoms with E-state index in [1.165, 1.54) is 6.07 Å². The van der Waals surface area contributed by atoms with Gasteiger partial charge in [-0.05, 0) is 44.0 Å². The maximum atomic E-state index is 12.6. The second kappa shape index (κ2) is 5.78. The Bertz CT molecular complexity index is 765. The van der Waals surface area contributed by atoms with Crippen LogP contribution in [0.5, 0.6) is 0 Å². The summed E-state index contributed by atoms with van der Waals surface area (Å²) in [6, 6.07) is 3.16. The van der Waals surface area contributed by atoms with Crippen molar-refractivity contribution in [2.75, 3.05) is 4.72 Å². The minimum atomic E-state index is -3.77. The molecule has 0 aliphatic carbocycles. The molecule has 114 valence electrons. The molecule has 0 saturated heterocycles. The largest absolute Gasteiger partial charge is 0.392 e. The summed E-state index contributed by atoms with van der Waals surface area (Å²) >= 11 is 3.32. The Morgan fingerprint density at radius 1 is 1.33 bits per heavy atom. The van der Waals surface area contributed by atoms with Crippen LogP contribution in [-0.4, -0.2) is 23.7 Å². The fourth-order valence-corrected chi connectivity index (χ4v) is 4.11. The number of aromatic nitrogens is 2. The summed E-state index contributed by atoms with van der Waals surface area (Å²) in [5.74, 6) is 0. The first-order valence-corrected chi connectivity index (χ1v) is 8.48. The zero-order chi connectivity index (χ0) is 15.8. The molecule has 0 bridgehead atoms. The Morgan fingerprint density at radius 3 is 2.52 bits per heavy atom. The van der Waals surface area contributed by atoms with Gasteiger partial charge in [0.2, 0.25) is 0 Å². The Hall–Kier alpha value is -1.38. The van der Waals surface area contributed by atoms with Gasteiger partial charge in [0.15, 0.2) is 0 Å². The molecule has 0 unspecified atom stereocenters. The Balaban J connectivity index is 2.52. The van der Waals surface area contributed by atoms with Gasteiger partial charge in [-0.15, -0.1) is 0 Å². The molecule has 0 fully saturated rings. The summed E-state index contributed by atoms with van der Waals surface area (Å²) in [5.41, 5.74) is 2.77. The van der Waals surface area contributed by atoms with Gasteiger partial charge in [0.05, 0.1) is 28.6 Å². The number of aliphatic hydroxyl groups is 1. The third-order valence-corrected chi connectivity index (χ3v) is 5.49. The molecule has 3 N–H and O–H groups in total. The van der Waals surface area contributed by atoms with E-state index in [9.17, 15) is 13.5 Å². The molecule has 2 rings (SSSR count). The molecule has 0 aliphatic rings. The average Bonchev–Trinajstić information content (AvgIpc) is 2.73. The molecule has 8 heteroatoms. The highest BCUT2D eigenvalue weighted by Gasteiger charge is 2.22. The van der Waals surface area contributed by atoms with E-state index in [1.54, 1.807) is 26.8 Å². The standard InChI is InChI=1S/C13H16BrN3O3S/c1-7-11(14)4-10(6-18)5-12(7)21(19,20)17-13-8(2)15-16-9(13)3/h4-5,17-18H,6H2,1-3H3,(H,15,16). The molecule has 0 amide bonds. The predicted molar refractivity (Wildman–Crippen MR) is 83.7 cm³/mol. The van der Waals surface area contributed by atoms with Crippen molar-refractivity contribution in [3.63, 3.8) is 0 Å². The van der Waals surface area contributed by atoms with Crippen molar-refractivity contribution in [2.24, 2.45) is 0 Å². The number of aryl methyl sites for hydroxylation is 2. The third-order valence-electron chi connectivity index (χ3n) is 3.19. The minimum Gasteiger partial charge on any atom is -0.392 e. The zero-order valence-electron chi connectivity index (χ0n) is 11.9. The van der Waals surface area contributed by atoms with Gasteiger partial charge in [-0.2, -0.15) is 5.10 Å². The molecule has 21 heavy (non-hydrogen) atoms. The maximum absolute atomic E-state index is 12.6. The molecule has 0 aliphatic heterocycles. The normalized spacial score (nSPS) is 11.7. The number of halogens is 1. The summed E-state index contributed by atoms with van der Waals surface area (Å²) < 4.78 is 28.4. The molecule has 6 nitrogen and oxygen atoms in total. The lowest BCUT2D eigenvalue weighted by Gasteiger charge is -2.13. The highest BCUT2D eigenvalue weighted by Crippen LogP contribution is 2.28. The van der Waals surface area contributed by atoms with Crippen LogP contribution in [0, 0.1) is 20.8 Å². The molecular formula is C13H16BrN3O3S. The quantitative estimate of drug-likeness (QED) is 0.766. The second-order valence-electron chi connectivity index (χ2n) is 4.77. The van der Waals surface area contributed by atoms with Gasteiger partial charge in [0.25, 0.3) is 10.0 Å². The summed E-state index contributed by atoms with van der Waals surface area (Å²) in [5, 5.41) is 15.9. The average molecular weight is 374 g/mol. The zero-order valence-corrected chi connectivity index (χ0v) is 14.3. The van der Waals surface area contributed by atoms with Crippen molar-refractivity contribution < 1.29 is 13.5 Å². The van der Waals surface area contributed by atoms with E-state index in [0.717, 1.165) is 0 Å². The van der Waals surface area contributed by atoms with E-state index in [-0.39, 0.29) is 11.5 Å². The van der Waals surface area contributed by atoms with Gasteiger partial charge in [-0.3, -0.25) is 9.82 Å². The molecule has 1 aromatic heterocycles. The number of sulfonamides is 1. The number of aliphatic hydroxyl groups excluding tert-OH is 1. The smallest absolute Gasteiger partial charge is 0.262 e. The van der Waals surface area contributed by atoms with Crippen LogP contribution in [0.25, 0.3) is 0 Å². The number of aromatic amines is 1. The van der Waals surface area contributed by atoms with E-state index >= 15 is 0 Å². The number of rotatable bonds is 4. The molecule has 1 heterocycles. The van der Waals surface area contributed by atoms with Crippen molar-refractivity contribution >= 4 is 31.6 Å². The van der Waals surface area contributed by atoms with Crippen LogP contribution >= 0.6 is 15.9 Å². The lowest BCUT2D eigenvalue weighted by atomic mass is 10.2.